The van der Waals surface area contributed by atoms with Gasteiger partial charge in [-0.2, -0.15) is 0 Å². The molecule has 3 heteroatoms. The SMILES string of the molecule is CCC(NC1C2(C)CCC(C2)C1(C)C)c1ncc[nH]1. The highest BCUT2D eigenvalue weighted by molar-refractivity contribution is 5.13. The standard InChI is InChI=1S/C16H27N3/c1-5-12(13-17-8-9-18-13)19-14-15(2,3)11-6-7-16(14,4)10-11/h8-9,11-12,14,19H,5-7,10H2,1-4H3,(H,17,18). The van der Waals surface area contributed by atoms with E-state index in [1.165, 1.54) is 19.3 Å². The van der Waals surface area contributed by atoms with E-state index in [9.17, 15) is 0 Å². The molecule has 2 aliphatic rings. The highest BCUT2D eigenvalue weighted by Crippen LogP contribution is 2.62. The molecule has 0 aliphatic heterocycles. The molecule has 2 fully saturated rings. The van der Waals surface area contributed by atoms with E-state index in [-0.39, 0.29) is 0 Å². The van der Waals surface area contributed by atoms with Crippen LogP contribution >= 0.6 is 0 Å². The summed E-state index contributed by atoms with van der Waals surface area (Å²) in [6.07, 6.45) is 9.06. The van der Waals surface area contributed by atoms with Crippen molar-refractivity contribution in [3.63, 3.8) is 0 Å². The van der Waals surface area contributed by atoms with Crippen LogP contribution in [0.2, 0.25) is 0 Å². The largest absolute Gasteiger partial charge is 0.347 e. The van der Waals surface area contributed by atoms with Gasteiger partial charge in [0, 0.05) is 18.4 Å². The molecule has 19 heavy (non-hydrogen) atoms. The van der Waals surface area contributed by atoms with Gasteiger partial charge < -0.3 is 10.3 Å². The Labute approximate surface area is 116 Å². The molecule has 4 unspecified atom stereocenters. The summed E-state index contributed by atoms with van der Waals surface area (Å²) in [4.78, 5) is 7.72. The number of imidazole rings is 1. The first kappa shape index (κ1) is 13.2. The lowest BCUT2D eigenvalue weighted by atomic mass is 9.68. The van der Waals surface area contributed by atoms with Gasteiger partial charge in [0.15, 0.2) is 0 Å². The summed E-state index contributed by atoms with van der Waals surface area (Å²) < 4.78 is 0. The van der Waals surface area contributed by atoms with Crippen molar-refractivity contribution in [2.45, 2.75) is 65.5 Å². The summed E-state index contributed by atoms with van der Waals surface area (Å²) in [5.74, 6) is 1.98. The number of fused-ring (bicyclic) bond motifs is 2. The van der Waals surface area contributed by atoms with Gasteiger partial charge in [-0.05, 0) is 42.4 Å². The second-order valence-electron chi connectivity index (χ2n) is 7.45. The normalized spacial score (nSPS) is 37.7. The van der Waals surface area contributed by atoms with Crippen molar-refractivity contribution in [3.8, 4) is 0 Å². The molecule has 0 aromatic carbocycles. The minimum absolute atomic E-state index is 0.357. The van der Waals surface area contributed by atoms with Crippen molar-refractivity contribution < 1.29 is 0 Å². The van der Waals surface area contributed by atoms with Crippen LogP contribution in [-0.4, -0.2) is 16.0 Å². The topological polar surface area (TPSA) is 40.7 Å². The smallest absolute Gasteiger partial charge is 0.123 e. The molecule has 3 nitrogen and oxygen atoms in total. The summed E-state index contributed by atoms with van der Waals surface area (Å²) in [6, 6.07) is 0.962. The Balaban J connectivity index is 1.82. The lowest BCUT2D eigenvalue weighted by Gasteiger charge is -2.44. The van der Waals surface area contributed by atoms with E-state index in [0.29, 0.717) is 22.9 Å². The maximum absolute atomic E-state index is 4.44. The molecule has 1 aromatic heterocycles. The van der Waals surface area contributed by atoms with Crippen molar-refractivity contribution in [1.29, 1.82) is 0 Å². The van der Waals surface area contributed by atoms with Crippen molar-refractivity contribution in [1.82, 2.24) is 15.3 Å². The van der Waals surface area contributed by atoms with Crippen LogP contribution in [0, 0.1) is 16.7 Å². The van der Waals surface area contributed by atoms with E-state index in [4.69, 9.17) is 0 Å². The van der Waals surface area contributed by atoms with Gasteiger partial charge in [-0.15, -0.1) is 0 Å². The van der Waals surface area contributed by atoms with E-state index in [1.54, 1.807) is 0 Å². The number of hydrogen-bond donors (Lipinski definition) is 2. The molecule has 2 bridgehead atoms. The summed E-state index contributed by atoms with van der Waals surface area (Å²) in [7, 11) is 0. The minimum Gasteiger partial charge on any atom is -0.347 e. The summed E-state index contributed by atoms with van der Waals surface area (Å²) >= 11 is 0. The van der Waals surface area contributed by atoms with Crippen molar-refractivity contribution in [2.75, 3.05) is 0 Å². The maximum atomic E-state index is 4.44. The minimum atomic E-state index is 0.357. The highest BCUT2D eigenvalue weighted by atomic mass is 15.1. The van der Waals surface area contributed by atoms with Crippen molar-refractivity contribution in [2.24, 2.45) is 16.7 Å². The quantitative estimate of drug-likeness (QED) is 0.868. The molecule has 1 aromatic rings. The van der Waals surface area contributed by atoms with Crippen LogP contribution in [0.25, 0.3) is 0 Å². The number of nitrogens with one attached hydrogen (secondary N) is 2. The Morgan fingerprint density at radius 2 is 2.26 bits per heavy atom. The van der Waals surface area contributed by atoms with E-state index in [2.05, 4.69) is 43.0 Å². The lowest BCUT2D eigenvalue weighted by Crippen LogP contribution is -2.51. The van der Waals surface area contributed by atoms with Crippen molar-refractivity contribution >= 4 is 0 Å². The zero-order chi connectivity index (χ0) is 13.7. The first-order valence-corrected chi connectivity index (χ1v) is 7.72. The van der Waals surface area contributed by atoms with Crippen LogP contribution in [0.3, 0.4) is 0 Å². The average molecular weight is 261 g/mol. The Kier molecular flexibility index (Phi) is 3.01. The molecule has 2 saturated carbocycles. The molecule has 4 atom stereocenters. The molecule has 2 N–H and O–H groups in total. The molecule has 1 heterocycles. The third kappa shape index (κ3) is 1.94. The molecular formula is C16H27N3. The van der Waals surface area contributed by atoms with Gasteiger partial charge >= 0.3 is 0 Å². The van der Waals surface area contributed by atoms with E-state index >= 15 is 0 Å². The van der Waals surface area contributed by atoms with Gasteiger partial charge in [0.2, 0.25) is 0 Å². The van der Waals surface area contributed by atoms with E-state index in [0.717, 1.165) is 18.2 Å². The van der Waals surface area contributed by atoms with Gasteiger partial charge in [0.05, 0.1) is 6.04 Å². The molecule has 106 valence electrons. The molecular weight excluding hydrogens is 234 g/mol. The molecule has 0 saturated heterocycles. The Bertz CT molecular complexity index is 432. The second-order valence-corrected chi connectivity index (χ2v) is 7.45. The summed E-state index contributed by atoms with van der Waals surface area (Å²) in [5.41, 5.74) is 0.890. The zero-order valence-corrected chi connectivity index (χ0v) is 12.7. The number of aromatic nitrogens is 2. The summed E-state index contributed by atoms with van der Waals surface area (Å²) in [5, 5.41) is 3.94. The molecule has 0 radical (unpaired) electrons. The Morgan fingerprint density at radius 1 is 1.47 bits per heavy atom. The van der Waals surface area contributed by atoms with Gasteiger partial charge in [-0.3, -0.25) is 0 Å². The fraction of sp³-hybridized carbons (Fsp3) is 0.812. The fourth-order valence-corrected chi connectivity index (χ4v) is 4.78. The second kappa shape index (κ2) is 4.34. The predicted molar refractivity (Wildman–Crippen MR) is 77.8 cm³/mol. The molecule has 0 spiro atoms. The van der Waals surface area contributed by atoms with E-state index < -0.39 is 0 Å². The van der Waals surface area contributed by atoms with Gasteiger partial charge in [-0.1, -0.05) is 27.7 Å². The predicted octanol–water partition coefficient (Wildman–Crippen LogP) is 3.67. The lowest BCUT2D eigenvalue weighted by molar-refractivity contribution is 0.0966. The van der Waals surface area contributed by atoms with E-state index in [1.807, 2.05) is 12.4 Å². The molecule has 0 amide bonds. The number of nitrogens with zero attached hydrogens (tertiary/aromatic N) is 1. The Hall–Kier alpha value is -0.830. The van der Waals surface area contributed by atoms with Gasteiger partial charge in [0.25, 0.3) is 0 Å². The third-order valence-corrected chi connectivity index (χ3v) is 5.90. The number of H-pyrrole nitrogens is 1. The van der Waals surface area contributed by atoms with Crippen LogP contribution in [-0.2, 0) is 0 Å². The highest BCUT2D eigenvalue weighted by Gasteiger charge is 2.59. The third-order valence-electron chi connectivity index (χ3n) is 5.90. The van der Waals surface area contributed by atoms with Crippen LogP contribution in [0.15, 0.2) is 12.4 Å². The van der Waals surface area contributed by atoms with Crippen LogP contribution < -0.4 is 5.32 Å². The first-order valence-electron chi connectivity index (χ1n) is 7.72. The first-order chi connectivity index (χ1) is 8.97. The number of aromatic amines is 1. The van der Waals surface area contributed by atoms with Gasteiger partial charge in [-0.25, -0.2) is 4.98 Å². The van der Waals surface area contributed by atoms with Crippen molar-refractivity contribution in [3.05, 3.63) is 18.2 Å². The Morgan fingerprint density at radius 3 is 2.79 bits per heavy atom. The summed E-state index contributed by atoms with van der Waals surface area (Å²) in [6.45, 7) is 9.63. The average Bonchev–Trinajstić information content (AvgIpc) is 3.02. The number of rotatable bonds is 4. The number of hydrogen-bond acceptors (Lipinski definition) is 2. The van der Waals surface area contributed by atoms with Crippen LogP contribution in [0.1, 0.15) is 65.2 Å². The van der Waals surface area contributed by atoms with Crippen LogP contribution in [0.4, 0.5) is 0 Å². The fourth-order valence-electron chi connectivity index (χ4n) is 4.78. The molecule has 3 rings (SSSR count). The van der Waals surface area contributed by atoms with Gasteiger partial charge in [0.1, 0.15) is 5.82 Å². The monoisotopic (exact) mass is 261 g/mol. The molecule has 2 aliphatic carbocycles. The zero-order valence-electron chi connectivity index (χ0n) is 12.7. The maximum Gasteiger partial charge on any atom is 0.123 e. The van der Waals surface area contributed by atoms with Crippen LogP contribution in [0.5, 0.6) is 0 Å².